The molecule has 1 aliphatic rings. The van der Waals surface area contributed by atoms with Gasteiger partial charge in [-0.1, -0.05) is 11.7 Å². The number of hydrogen-bond donors (Lipinski definition) is 2. The van der Waals surface area contributed by atoms with Crippen LogP contribution in [0.5, 0.6) is 0 Å². The lowest BCUT2D eigenvalue weighted by molar-refractivity contribution is 0.00335. The third kappa shape index (κ3) is 1.88. The minimum Gasteiger partial charge on any atom is -0.472 e. The first-order valence-electron chi connectivity index (χ1n) is 4.94. The number of hydrogen-bond acceptors (Lipinski definition) is 5. The number of rotatable bonds is 2. The zero-order valence-electron chi connectivity index (χ0n) is 9.05. The summed E-state index contributed by atoms with van der Waals surface area (Å²) in [5.41, 5.74) is 7.05. The Balaban J connectivity index is 2.41. The molecule has 0 amide bonds. The van der Waals surface area contributed by atoms with Gasteiger partial charge in [-0.3, -0.25) is 14.3 Å². The minimum absolute atomic E-state index is 0.0587. The highest BCUT2D eigenvalue weighted by Crippen LogP contribution is 2.31. The summed E-state index contributed by atoms with van der Waals surface area (Å²) in [7, 11) is 0. The molecule has 94 valence electrons. The van der Waals surface area contributed by atoms with E-state index in [2.05, 4.69) is 16.6 Å². The van der Waals surface area contributed by atoms with Crippen molar-refractivity contribution in [2.45, 2.75) is 18.4 Å². The third-order valence-electron chi connectivity index (χ3n) is 2.52. The molecular formula is C9H9N5O4. The molecule has 9 nitrogen and oxygen atoms in total. The second-order valence-corrected chi connectivity index (χ2v) is 3.63. The summed E-state index contributed by atoms with van der Waals surface area (Å²) in [5.74, 6) is 0.0587. The van der Waals surface area contributed by atoms with Crippen LogP contribution in [0.25, 0.3) is 10.4 Å². The number of aliphatic hydroxyl groups is 1. The molecular weight excluding hydrogens is 242 g/mol. The molecule has 0 saturated carbocycles. The van der Waals surface area contributed by atoms with E-state index in [4.69, 9.17) is 10.3 Å². The largest absolute Gasteiger partial charge is 0.472 e. The topological polar surface area (TPSA) is 133 Å². The second kappa shape index (κ2) is 4.40. The van der Waals surface area contributed by atoms with Gasteiger partial charge in [0.05, 0.1) is 0 Å². The van der Waals surface area contributed by atoms with Crippen molar-refractivity contribution in [3.63, 3.8) is 0 Å². The summed E-state index contributed by atoms with van der Waals surface area (Å²) in [6.07, 6.45) is -1.16. The molecule has 9 heteroatoms. The van der Waals surface area contributed by atoms with E-state index in [1.165, 1.54) is 6.20 Å². The van der Waals surface area contributed by atoms with Gasteiger partial charge in [0.2, 0.25) is 6.23 Å². The highest BCUT2D eigenvalue weighted by atomic mass is 16.5. The first-order valence-corrected chi connectivity index (χ1v) is 4.94. The molecule has 0 aromatic carbocycles. The van der Waals surface area contributed by atoms with E-state index >= 15 is 0 Å². The van der Waals surface area contributed by atoms with Crippen molar-refractivity contribution in [1.29, 1.82) is 0 Å². The molecule has 0 radical (unpaired) electrons. The van der Waals surface area contributed by atoms with Crippen LogP contribution in [0.1, 0.15) is 6.23 Å². The maximum Gasteiger partial charge on any atom is 0.331 e. The predicted molar refractivity (Wildman–Crippen MR) is 59.5 cm³/mol. The SMILES string of the molecule is C=C1O[C@@H](n2ccc(=O)[nH]c2=O)[C@H](O)[C@@H]1N=[N+]=[N-]. The highest BCUT2D eigenvalue weighted by Gasteiger charge is 2.40. The Hall–Kier alpha value is -2.51. The highest BCUT2D eigenvalue weighted by molar-refractivity contribution is 5.09. The molecule has 2 heterocycles. The average Bonchev–Trinajstić information content (AvgIpc) is 2.58. The molecule has 1 fully saturated rings. The second-order valence-electron chi connectivity index (χ2n) is 3.63. The maximum atomic E-state index is 11.5. The summed E-state index contributed by atoms with van der Waals surface area (Å²) in [5, 5.41) is 13.2. The molecule has 0 unspecified atom stereocenters. The van der Waals surface area contributed by atoms with E-state index in [-0.39, 0.29) is 5.76 Å². The normalized spacial score (nSPS) is 26.5. The average molecular weight is 251 g/mol. The monoisotopic (exact) mass is 251 g/mol. The maximum absolute atomic E-state index is 11.5. The van der Waals surface area contributed by atoms with Gasteiger partial charge in [-0.15, -0.1) is 0 Å². The van der Waals surface area contributed by atoms with Gasteiger partial charge in [-0.25, -0.2) is 4.79 Å². The molecule has 2 rings (SSSR count). The fourth-order valence-electron chi connectivity index (χ4n) is 1.68. The van der Waals surface area contributed by atoms with Crippen molar-refractivity contribution in [1.82, 2.24) is 9.55 Å². The Bertz CT molecular complexity index is 641. The van der Waals surface area contributed by atoms with Crippen molar-refractivity contribution in [3.05, 3.63) is 55.9 Å². The number of aromatic nitrogens is 2. The number of nitrogens with zero attached hydrogens (tertiary/aromatic N) is 4. The van der Waals surface area contributed by atoms with Crippen molar-refractivity contribution in [3.8, 4) is 0 Å². The number of H-pyrrole nitrogens is 1. The van der Waals surface area contributed by atoms with Gasteiger partial charge in [-0.2, -0.15) is 0 Å². The Morgan fingerprint density at radius 1 is 1.61 bits per heavy atom. The Kier molecular flexibility index (Phi) is 2.92. The van der Waals surface area contributed by atoms with Gasteiger partial charge in [0.15, 0.2) is 0 Å². The van der Waals surface area contributed by atoms with Crippen LogP contribution in [0.4, 0.5) is 0 Å². The lowest BCUT2D eigenvalue weighted by atomic mass is 10.1. The number of aliphatic hydroxyl groups excluding tert-OH is 1. The number of ether oxygens (including phenoxy) is 1. The van der Waals surface area contributed by atoms with E-state index in [9.17, 15) is 14.7 Å². The number of azide groups is 1. The van der Waals surface area contributed by atoms with Gasteiger partial charge in [0.25, 0.3) is 5.56 Å². The van der Waals surface area contributed by atoms with E-state index in [1.54, 1.807) is 0 Å². The lowest BCUT2D eigenvalue weighted by Gasteiger charge is -2.16. The standard InChI is InChI=1S/C9H9N5O4/c1-4-6(12-13-10)7(16)8(18-4)14-3-2-5(15)11-9(14)17/h2-3,6-8,16H,1H2,(H,11,15,17)/t6-,7-,8-/m1/s1. The van der Waals surface area contributed by atoms with Crippen molar-refractivity contribution in [2.24, 2.45) is 5.11 Å². The smallest absolute Gasteiger partial charge is 0.331 e. The quantitative estimate of drug-likeness (QED) is 0.421. The van der Waals surface area contributed by atoms with Gasteiger partial charge < -0.3 is 9.84 Å². The van der Waals surface area contributed by atoms with E-state index in [1.807, 2.05) is 4.98 Å². The zero-order valence-corrected chi connectivity index (χ0v) is 9.05. The van der Waals surface area contributed by atoms with Crippen LogP contribution in [0.3, 0.4) is 0 Å². The van der Waals surface area contributed by atoms with Crippen molar-refractivity contribution in [2.75, 3.05) is 0 Å². The molecule has 1 aromatic heterocycles. The Labute approximate surface area is 99.6 Å². The minimum atomic E-state index is -1.25. The van der Waals surface area contributed by atoms with Gasteiger partial charge in [-0.05, 0) is 5.53 Å². The summed E-state index contributed by atoms with van der Waals surface area (Å²) >= 11 is 0. The van der Waals surface area contributed by atoms with Crippen molar-refractivity contribution < 1.29 is 9.84 Å². The predicted octanol–water partition coefficient (Wildman–Crippen LogP) is -0.381. The summed E-state index contributed by atoms with van der Waals surface area (Å²) < 4.78 is 6.17. The fourth-order valence-corrected chi connectivity index (χ4v) is 1.68. The van der Waals surface area contributed by atoms with E-state index in [0.29, 0.717) is 0 Å². The molecule has 0 spiro atoms. The van der Waals surface area contributed by atoms with Crippen molar-refractivity contribution >= 4 is 0 Å². The van der Waals surface area contributed by atoms with E-state index in [0.717, 1.165) is 10.6 Å². The molecule has 3 atom stereocenters. The van der Waals surface area contributed by atoms with Crippen LogP contribution in [0.15, 0.2) is 39.3 Å². The van der Waals surface area contributed by atoms with Crippen LogP contribution in [0.2, 0.25) is 0 Å². The zero-order chi connectivity index (χ0) is 13.3. The number of nitrogens with one attached hydrogen (secondary N) is 1. The summed E-state index contributed by atoms with van der Waals surface area (Å²) in [6, 6.07) is 0.139. The first-order chi connectivity index (χ1) is 8.54. The Morgan fingerprint density at radius 2 is 2.33 bits per heavy atom. The first kappa shape index (κ1) is 12.0. The van der Waals surface area contributed by atoms with Crippen LogP contribution < -0.4 is 11.2 Å². The van der Waals surface area contributed by atoms with Crippen LogP contribution in [-0.2, 0) is 4.74 Å². The number of aromatic amines is 1. The summed E-state index contributed by atoms with van der Waals surface area (Å²) in [4.78, 5) is 27.0. The van der Waals surface area contributed by atoms with Crippen LogP contribution in [-0.4, -0.2) is 26.8 Å². The van der Waals surface area contributed by atoms with Crippen LogP contribution in [0, 0.1) is 0 Å². The molecule has 0 bridgehead atoms. The Morgan fingerprint density at radius 3 is 2.94 bits per heavy atom. The fraction of sp³-hybridized carbons (Fsp3) is 0.333. The van der Waals surface area contributed by atoms with Gasteiger partial charge in [0.1, 0.15) is 17.9 Å². The van der Waals surface area contributed by atoms with Gasteiger partial charge >= 0.3 is 5.69 Å². The van der Waals surface area contributed by atoms with E-state index < -0.39 is 29.6 Å². The molecule has 0 aliphatic carbocycles. The molecule has 1 aliphatic heterocycles. The third-order valence-corrected chi connectivity index (χ3v) is 2.52. The lowest BCUT2D eigenvalue weighted by Crippen LogP contribution is -2.36. The van der Waals surface area contributed by atoms with Gasteiger partial charge in [0, 0.05) is 17.2 Å². The molecule has 1 saturated heterocycles. The molecule has 2 N–H and O–H groups in total. The summed E-state index contributed by atoms with van der Waals surface area (Å²) in [6.45, 7) is 3.49. The molecule has 18 heavy (non-hydrogen) atoms. The van der Waals surface area contributed by atoms with Crippen LogP contribution >= 0.6 is 0 Å². The molecule has 1 aromatic rings.